The van der Waals surface area contributed by atoms with Crippen LogP contribution in [0.1, 0.15) is 50.7 Å². The highest BCUT2D eigenvalue weighted by Crippen LogP contribution is 2.29. The number of benzene rings is 1. The molecule has 0 N–H and O–H groups in total. The van der Waals surface area contributed by atoms with E-state index >= 15 is 0 Å². The second-order valence-electron chi connectivity index (χ2n) is 6.40. The SMILES string of the molecule is CC(C)(C)OC(=O)N1CCCC(c2ccc(C#N)cc2)C1=O. The number of ether oxygens (including phenoxy) is 1. The average molecular weight is 300 g/mol. The third kappa shape index (κ3) is 3.64. The minimum absolute atomic E-state index is 0.231. The minimum Gasteiger partial charge on any atom is -0.443 e. The van der Waals surface area contributed by atoms with Crippen molar-refractivity contribution in [2.45, 2.75) is 45.1 Å². The van der Waals surface area contributed by atoms with E-state index in [2.05, 4.69) is 6.07 Å². The number of hydrogen-bond acceptors (Lipinski definition) is 4. The van der Waals surface area contributed by atoms with Crippen LogP contribution < -0.4 is 0 Å². The number of carbonyl (C=O) groups is 2. The van der Waals surface area contributed by atoms with Gasteiger partial charge < -0.3 is 4.74 Å². The predicted octanol–water partition coefficient (Wildman–Crippen LogP) is 3.20. The van der Waals surface area contributed by atoms with Crippen molar-refractivity contribution in [1.29, 1.82) is 5.26 Å². The van der Waals surface area contributed by atoms with Gasteiger partial charge in [-0.15, -0.1) is 0 Å². The highest BCUT2D eigenvalue weighted by molar-refractivity contribution is 5.96. The first kappa shape index (κ1) is 16.0. The van der Waals surface area contributed by atoms with Crippen molar-refractivity contribution in [2.24, 2.45) is 0 Å². The van der Waals surface area contributed by atoms with Crippen LogP contribution >= 0.6 is 0 Å². The normalized spacial score (nSPS) is 18.7. The Labute approximate surface area is 130 Å². The Morgan fingerprint density at radius 1 is 1.32 bits per heavy atom. The lowest BCUT2D eigenvalue weighted by atomic mass is 9.89. The molecule has 0 spiro atoms. The van der Waals surface area contributed by atoms with Gasteiger partial charge in [0, 0.05) is 6.54 Å². The summed E-state index contributed by atoms with van der Waals surface area (Å²) in [5.41, 5.74) is 0.756. The van der Waals surface area contributed by atoms with Gasteiger partial charge in [-0.2, -0.15) is 5.26 Å². The molecule has 0 saturated carbocycles. The van der Waals surface area contributed by atoms with E-state index in [4.69, 9.17) is 10.00 Å². The van der Waals surface area contributed by atoms with E-state index in [1.807, 2.05) is 0 Å². The molecule has 0 radical (unpaired) electrons. The van der Waals surface area contributed by atoms with Crippen molar-refractivity contribution < 1.29 is 14.3 Å². The van der Waals surface area contributed by atoms with E-state index in [9.17, 15) is 9.59 Å². The summed E-state index contributed by atoms with van der Waals surface area (Å²) < 4.78 is 5.29. The molecule has 1 saturated heterocycles. The number of piperidine rings is 1. The molecule has 2 amide bonds. The first-order valence-corrected chi connectivity index (χ1v) is 7.36. The summed E-state index contributed by atoms with van der Waals surface area (Å²) >= 11 is 0. The Morgan fingerprint density at radius 3 is 2.50 bits per heavy atom. The van der Waals surface area contributed by atoms with Crippen LogP contribution in [0.25, 0.3) is 0 Å². The van der Waals surface area contributed by atoms with E-state index in [0.717, 1.165) is 12.0 Å². The lowest BCUT2D eigenvalue weighted by molar-refractivity contribution is -0.134. The highest BCUT2D eigenvalue weighted by atomic mass is 16.6. The third-order valence-electron chi connectivity index (χ3n) is 3.49. The minimum atomic E-state index is -0.626. The molecule has 1 fully saturated rings. The number of likely N-dealkylation sites (tertiary alicyclic amines) is 1. The zero-order chi connectivity index (χ0) is 16.3. The van der Waals surface area contributed by atoms with Crippen molar-refractivity contribution in [2.75, 3.05) is 6.54 Å². The Hall–Kier alpha value is -2.35. The van der Waals surface area contributed by atoms with Crippen molar-refractivity contribution in [3.05, 3.63) is 35.4 Å². The second kappa shape index (κ2) is 6.18. The first-order valence-electron chi connectivity index (χ1n) is 7.36. The maximum Gasteiger partial charge on any atom is 0.417 e. The van der Waals surface area contributed by atoms with Gasteiger partial charge in [-0.25, -0.2) is 9.69 Å². The molecular formula is C17H20N2O3. The maximum absolute atomic E-state index is 12.6. The van der Waals surface area contributed by atoms with E-state index in [-0.39, 0.29) is 11.8 Å². The van der Waals surface area contributed by atoms with Gasteiger partial charge in [0.15, 0.2) is 0 Å². The molecule has 1 atom stereocenters. The molecule has 1 aromatic carbocycles. The van der Waals surface area contributed by atoms with Crippen molar-refractivity contribution in [3.63, 3.8) is 0 Å². The van der Waals surface area contributed by atoms with Gasteiger partial charge in [-0.1, -0.05) is 12.1 Å². The van der Waals surface area contributed by atoms with Gasteiger partial charge in [0.05, 0.1) is 17.6 Å². The molecule has 5 heteroatoms. The first-order chi connectivity index (χ1) is 10.3. The Morgan fingerprint density at radius 2 is 1.95 bits per heavy atom. The van der Waals surface area contributed by atoms with Gasteiger partial charge in [-0.3, -0.25) is 4.79 Å². The molecule has 116 valence electrons. The zero-order valence-corrected chi connectivity index (χ0v) is 13.1. The summed E-state index contributed by atoms with van der Waals surface area (Å²) in [6.07, 6.45) is 0.857. The van der Waals surface area contributed by atoms with E-state index in [0.29, 0.717) is 18.5 Å². The van der Waals surface area contributed by atoms with Crippen molar-refractivity contribution in [3.8, 4) is 6.07 Å². The van der Waals surface area contributed by atoms with Crippen LogP contribution in [0, 0.1) is 11.3 Å². The van der Waals surface area contributed by atoms with Crippen LogP contribution in [0.2, 0.25) is 0 Å². The Balaban J connectivity index is 2.16. The smallest absolute Gasteiger partial charge is 0.417 e. The molecule has 1 aliphatic heterocycles. The molecule has 2 rings (SSSR count). The van der Waals surface area contributed by atoms with E-state index in [1.54, 1.807) is 45.0 Å². The third-order valence-corrected chi connectivity index (χ3v) is 3.49. The van der Waals surface area contributed by atoms with Gasteiger partial charge in [-0.05, 0) is 51.3 Å². The zero-order valence-electron chi connectivity index (χ0n) is 13.1. The summed E-state index contributed by atoms with van der Waals surface area (Å²) in [5.74, 6) is -0.584. The van der Waals surface area contributed by atoms with Crippen LogP contribution in [0.3, 0.4) is 0 Å². The lowest BCUT2D eigenvalue weighted by Crippen LogP contribution is -2.46. The molecule has 0 aliphatic carbocycles. The van der Waals surface area contributed by atoms with Crippen LogP contribution in [0.15, 0.2) is 24.3 Å². The van der Waals surface area contributed by atoms with Crippen molar-refractivity contribution in [1.82, 2.24) is 4.90 Å². The molecule has 0 aromatic heterocycles. The van der Waals surface area contributed by atoms with Gasteiger partial charge >= 0.3 is 6.09 Å². The molecular weight excluding hydrogens is 280 g/mol. The molecule has 1 aliphatic rings. The molecule has 0 bridgehead atoms. The van der Waals surface area contributed by atoms with Crippen LogP contribution in [-0.2, 0) is 9.53 Å². The summed E-state index contributed by atoms with van der Waals surface area (Å²) in [7, 11) is 0. The standard InChI is InChI=1S/C17H20N2O3/c1-17(2,3)22-16(21)19-10-4-5-14(15(19)20)13-8-6-12(11-18)7-9-13/h6-9,14H,4-5,10H2,1-3H3. The number of rotatable bonds is 1. The summed E-state index contributed by atoms with van der Waals surface area (Å²) in [6.45, 7) is 5.72. The van der Waals surface area contributed by atoms with Crippen molar-refractivity contribution >= 4 is 12.0 Å². The van der Waals surface area contributed by atoms with Crippen LogP contribution in [0.4, 0.5) is 4.79 Å². The summed E-state index contributed by atoms with van der Waals surface area (Å²) in [6, 6.07) is 8.99. The number of amides is 2. The second-order valence-corrected chi connectivity index (χ2v) is 6.40. The number of carbonyl (C=O) groups excluding carboxylic acids is 2. The number of imide groups is 1. The van der Waals surface area contributed by atoms with E-state index < -0.39 is 11.7 Å². The maximum atomic E-state index is 12.6. The molecule has 1 unspecified atom stereocenters. The van der Waals surface area contributed by atoms with E-state index in [1.165, 1.54) is 4.90 Å². The fourth-order valence-electron chi connectivity index (χ4n) is 2.47. The number of nitrogens with zero attached hydrogens (tertiary/aromatic N) is 2. The van der Waals surface area contributed by atoms with Gasteiger partial charge in [0.25, 0.3) is 0 Å². The highest BCUT2D eigenvalue weighted by Gasteiger charge is 2.35. The topological polar surface area (TPSA) is 70.4 Å². The fraction of sp³-hybridized carbons (Fsp3) is 0.471. The fourth-order valence-corrected chi connectivity index (χ4v) is 2.47. The summed E-state index contributed by atoms with van der Waals surface area (Å²) in [5, 5.41) is 8.83. The quantitative estimate of drug-likeness (QED) is 0.798. The Kier molecular flexibility index (Phi) is 4.51. The molecule has 22 heavy (non-hydrogen) atoms. The monoisotopic (exact) mass is 300 g/mol. The van der Waals surface area contributed by atoms with Crippen LogP contribution in [-0.4, -0.2) is 29.0 Å². The van der Waals surface area contributed by atoms with Crippen LogP contribution in [0.5, 0.6) is 0 Å². The van der Waals surface area contributed by atoms with Gasteiger partial charge in [0.1, 0.15) is 5.60 Å². The Bertz CT molecular complexity index is 608. The number of hydrogen-bond donors (Lipinski definition) is 0. The average Bonchev–Trinajstić information content (AvgIpc) is 2.46. The number of nitriles is 1. The van der Waals surface area contributed by atoms with Gasteiger partial charge in [0.2, 0.25) is 5.91 Å². The molecule has 1 heterocycles. The predicted molar refractivity (Wildman–Crippen MR) is 81.1 cm³/mol. The summed E-state index contributed by atoms with van der Waals surface area (Å²) in [4.78, 5) is 25.9. The molecule has 5 nitrogen and oxygen atoms in total. The molecule has 1 aromatic rings. The lowest BCUT2D eigenvalue weighted by Gasteiger charge is -2.32. The largest absolute Gasteiger partial charge is 0.443 e.